The number of ether oxygens (including phenoxy) is 1. The summed E-state index contributed by atoms with van der Waals surface area (Å²) in [6, 6.07) is 8.33. The van der Waals surface area contributed by atoms with Gasteiger partial charge in [-0.05, 0) is 57.0 Å². The molecular formula is C21H28N4O2. The van der Waals surface area contributed by atoms with Crippen LogP contribution in [0.15, 0.2) is 42.9 Å². The zero-order valence-electron chi connectivity index (χ0n) is 16.0. The van der Waals surface area contributed by atoms with Gasteiger partial charge in [-0.15, -0.1) is 0 Å². The number of amides is 1. The fourth-order valence-corrected chi connectivity index (χ4v) is 4.60. The number of carbonyl (C=O) groups is 1. The van der Waals surface area contributed by atoms with Crippen LogP contribution >= 0.6 is 0 Å². The second-order valence-electron chi connectivity index (χ2n) is 7.77. The molecule has 2 fully saturated rings. The number of rotatable bonds is 4. The Morgan fingerprint density at radius 2 is 2.15 bits per heavy atom. The number of carbonyl (C=O) groups excluding carboxylic acids is 1. The first-order valence-electron chi connectivity index (χ1n) is 9.90. The molecule has 1 unspecified atom stereocenters. The van der Waals surface area contributed by atoms with E-state index in [1.807, 2.05) is 24.1 Å². The monoisotopic (exact) mass is 368 g/mol. The van der Waals surface area contributed by atoms with Crippen molar-refractivity contribution in [3.05, 3.63) is 48.5 Å². The minimum absolute atomic E-state index is 0.152. The topological polar surface area (TPSA) is 50.6 Å². The van der Waals surface area contributed by atoms with Gasteiger partial charge in [-0.3, -0.25) is 9.88 Å². The minimum Gasteiger partial charge on any atom is -0.450 e. The Balaban J connectivity index is 1.42. The summed E-state index contributed by atoms with van der Waals surface area (Å²) in [4.78, 5) is 20.8. The highest BCUT2D eigenvalue weighted by atomic mass is 16.6. The molecule has 1 spiro atoms. The van der Waals surface area contributed by atoms with Gasteiger partial charge in [0, 0.05) is 49.7 Å². The summed E-state index contributed by atoms with van der Waals surface area (Å²) in [7, 11) is 0. The maximum Gasteiger partial charge on any atom is 0.409 e. The van der Waals surface area contributed by atoms with E-state index in [2.05, 4.69) is 38.8 Å². The van der Waals surface area contributed by atoms with E-state index >= 15 is 0 Å². The van der Waals surface area contributed by atoms with Gasteiger partial charge in [0.05, 0.1) is 18.5 Å². The molecule has 0 bridgehead atoms. The number of hydrogen-bond donors (Lipinski definition) is 0. The Morgan fingerprint density at radius 1 is 1.22 bits per heavy atom. The predicted molar refractivity (Wildman–Crippen MR) is 104 cm³/mol. The summed E-state index contributed by atoms with van der Waals surface area (Å²) < 4.78 is 7.44. The quantitative estimate of drug-likeness (QED) is 0.831. The molecule has 1 amide bonds. The normalized spacial score (nSPS) is 23.1. The molecule has 2 aliphatic heterocycles. The van der Waals surface area contributed by atoms with Gasteiger partial charge in [0.1, 0.15) is 0 Å². The molecule has 0 N–H and O–H groups in total. The summed E-state index contributed by atoms with van der Waals surface area (Å²) in [5, 5.41) is 0. The van der Waals surface area contributed by atoms with Crippen molar-refractivity contribution in [3.63, 3.8) is 0 Å². The molecule has 2 aromatic heterocycles. The van der Waals surface area contributed by atoms with Gasteiger partial charge in [-0.2, -0.15) is 0 Å². The van der Waals surface area contributed by atoms with Crippen LogP contribution < -0.4 is 0 Å². The van der Waals surface area contributed by atoms with Crippen molar-refractivity contribution in [2.45, 2.75) is 32.7 Å². The van der Waals surface area contributed by atoms with E-state index in [-0.39, 0.29) is 11.5 Å². The fourth-order valence-electron chi connectivity index (χ4n) is 4.60. The lowest BCUT2D eigenvalue weighted by Crippen LogP contribution is -2.47. The van der Waals surface area contributed by atoms with Gasteiger partial charge in [0.25, 0.3) is 0 Å². The van der Waals surface area contributed by atoms with Crippen molar-refractivity contribution >= 4 is 6.09 Å². The standard InChI is InChI=1S/C21H28N4O2/c1-2-27-20(26)24-11-5-8-21(17-24)9-13-23(16-21)15-19-7-4-12-25(19)18-6-3-10-22-14-18/h3-4,6-7,10,12,14H,2,5,8-9,11,13,15-17H2,1H3. The second-order valence-corrected chi connectivity index (χ2v) is 7.77. The lowest BCUT2D eigenvalue weighted by molar-refractivity contribution is 0.0599. The molecule has 0 radical (unpaired) electrons. The van der Waals surface area contributed by atoms with Gasteiger partial charge < -0.3 is 14.2 Å². The lowest BCUT2D eigenvalue weighted by atomic mass is 9.79. The molecule has 27 heavy (non-hydrogen) atoms. The van der Waals surface area contributed by atoms with E-state index in [0.29, 0.717) is 6.61 Å². The summed E-state index contributed by atoms with van der Waals surface area (Å²) in [5.41, 5.74) is 2.59. The maximum atomic E-state index is 12.2. The number of piperidine rings is 1. The SMILES string of the molecule is CCOC(=O)N1CCCC2(CCN(Cc3cccn3-c3cccnc3)C2)C1. The van der Waals surface area contributed by atoms with Crippen LogP contribution in [0.25, 0.3) is 5.69 Å². The van der Waals surface area contributed by atoms with Crippen LogP contribution in [0.5, 0.6) is 0 Å². The molecular weight excluding hydrogens is 340 g/mol. The molecule has 4 heterocycles. The van der Waals surface area contributed by atoms with Crippen molar-refractivity contribution in [2.75, 3.05) is 32.8 Å². The van der Waals surface area contributed by atoms with Crippen molar-refractivity contribution in [3.8, 4) is 5.69 Å². The Hall–Kier alpha value is -2.34. The highest BCUT2D eigenvalue weighted by Crippen LogP contribution is 2.39. The molecule has 0 aromatic carbocycles. The van der Waals surface area contributed by atoms with Crippen molar-refractivity contribution in [1.29, 1.82) is 0 Å². The fraction of sp³-hybridized carbons (Fsp3) is 0.524. The number of likely N-dealkylation sites (tertiary alicyclic amines) is 2. The summed E-state index contributed by atoms with van der Waals surface area (Å²) in [6.07, 6.45) is 9.06. The third-order valence-corrected chi connectivity index (χ3v) is 5.85. The average molecular weight is 368 g/mol. The van der Waals surface area contributed by atoms with E-state index in [0.717, 1.165) is 51.3 Å². The maximum absolute atomic E-state index is 12.2. The Morgan fingerprint density at radius 3 is 2.96 bits per heavy atom. The Kier molecular flexibility index (Phi) is 5.16. The summed E-state index contributed by atoms with van der Waals surface area (Å²) >= 11 is 0. The van der Waals surface area contributed by atoms with Crippen LogP contribution in [0.3, 0.4) is 0 Å². The zero-order valence-corrected chi connectivity index (χ0v) is 16.0. The minimum atomic E-state index is -0.152. The smallest absolute Gasteiger partial charge is 0.409 e. The van der Waals surface area contributed by atoms with Crippen LogP contribution in [0.4, 0.5) is 4.79 Å². The molecule has 6 nitrogen and oxygen atoms in total. The lowest BCUT2D eigenvalue weighted by Gasteiger charge is -2.39. The summed E-state index contributed by atoms with van der Waals surface area (Å²) in [5.74, 6) is 0. The molecule has 0 aliphatic carbocycles. The third kappa shape index (κ3) is 3.86. The van der Waals surface area contributed by atoms with Crippen molar-refractivity contribution < 1.29 is 9.53 Å². The largest absolute Gasteiger partial charge is 0.450 e. The van der Waals surface area contributed by atoms with Gasteiger partial charge in [0.2, 0.25) is 0 Å². The van der Waals surface area contributed by atoms with Crippen LogP contribution in [-0.4, -0.2) is 58.2 Å². The van der Waals surface area contributed by atoms with E-state index in [1.54, 1.807) is 6.20 Å². The predicted octanol–water partition coefficient (Wildman–Crippen LogP) is 3.32. The van der Waals surface area contributed by atoms with E-state index < -0.39 is 0 Å². The number of nitrogens with zero attached hydrogens (tertiary/aromatic N) is 4. The van der Waals surface area contributed by atoms with Crippen LogP contribution in [-0.2, 0) is 11.3 Å². The first-order valence-corrected chi connectivity index (χ1v) is 9.90. The molecule has 4 rings (SSSR count). The first kappa shape index (κ1) is 18.0. The van der Waals surface area contributed by atoms with Crippen LogP contribution in [0.2, 0.25) is 0 Å². The molecule has 1 atom stereocenters. The first-order chi connectivity index (χ1) is 13.2. The molecule has 2 aliphatic rings. The molecule has 6 heteroatoms. The van der Waals surface area contributed by atoms with Gasteiger partial charge in [0.15, 0.2) is 0 Å². The second kappa shape index (κ2) is 7.72. The van der Waals surface area contributed by atoms with Crippen molar-refractivity contribution in [2.24, 2.45) is 5.41 Å². The molecule has 2 saturated heterocycles. The number of pyridine rings is 1. The highest BCUT2D eigenvalue weighted by Gasteiger charge is 2.42. The van der Waals surface area contributed by atoms with E-state index in [9.17, 15) is 4.79 Å². The van der Waals surface area contributed by atoms with Crippen molar-refractivity contribution in [1.82, 2.24) is 19.4 Å². The van der Waals surface area contributed by atoms with Crippen LogP contribution in [0.1, 0.15) is 31.9 Å². The van der Waals surface area contributed by atoms with Gasteiger partial charge in [-0.25, -0.2) is 4.79 Å². The zero-order chi connectivity index (χ0) is 18.7. The molecule has 144 valence electrons. The number of hydrogen-bond acceptors (Lipinski definition) is 4. The van der Waals surface area contributed by atoms with E-state index in [1.165, 1.54) is 12.1 Å². The molecule has 0 saturated carbocycles. The Bertz CT molecular complexity index is 775. The van der Waals surface area contributed by atoms with Gasteiger partial charge in [-0.1, -0.05) is 0 Å². The van der Waals surface area contributed by atoms with Crippen LogP contribution in [0, 0.1) is 5.41 Å². The van der Waals surface area contributed by atoms with E-state index in [4.69, 9.17) is 4.74 Å². The third-order valence-electron chi connectivity index (χ3n) is 5.85. The highest BCUT2D eigenvalue weighted by molar-refractivity contribution is 5.67. The van der Waals surface area contributed by atoms with Gasteiger partial charge >= 0.3 is 6.09 Å². The summed E-state index contributed by atoms with van der Waals surface area (Å²) in [6.45, 7) is 7.00. The average Bonchev–Trinajstić information content (AvgIpc) is 3.30. The molecule has 2 aromatic rings. The number of aromatic nitrogens is 2. The Labute approximate surface area is 160 Å².